The molecule has 13 heteroatoms. The lowest BCUT2D eigenvalue weighted by atomic mass is 9.95. The summed E-state index contributed by atoms with van der Waals surface area (Å²) in [6.45, 7) is 2.64. The average Bonchev–Trinajstić information content (AvgIpc) is 3.71. The third-order valence-corrected chi connectivity index (χ3v) is 9.74. The summed E-state index contributed by atoms with van der Waals surface area (Å²) in [6.07, 6.45) is 7.80. The Morgan fingerprint density at radius 1 is 1.17 bits per heavy atom. The van der Waals surface area contributed by atoms with Crippen molar-refractivity contribution in [3.63, 3.8) is 0 Å². The number of hydrogen-bond acceptors (Lipinski definition) is 9. The zero-order valence-corrected chi connectivity index (χ0v) is 24.7. The number of nitrogens with zero attached hydrogens (tertiary/aromatic N) is 6. The van der Waals surface area contributed by atoms with Crippen LogP contribution >= 0.6 is 0 Å². The molecule has 0 radical (unpaired) electrons. The van der Waals surface area contributed by atoms with Crippen molar-refractivity contribution in [3.8, 4) is 35.4 Å². The van der Waals surface area contributed by atoms with Gasteiger partial charge in [-0.2, -0.15) is 9.97 Å². The number of ether oxygens (including phenoxy) is 2. The number of amides is 1. The van der Waals surface area contributed by atoms with Crippen LogP contribution in [0.25, 0.3) is 32.9 Å². The Balaban J connectivity index is 1.26. The van der Waals surface area contributed by atoms with Gasteiger partial charge in [0.2, 0.25) is 0 Å². The van der Waals surface area contributed by atoms with E-state index < -0.39 is 23.3 Å². The highest BCUT2D eigenvalue weighted by Gasteiger charge is 2.49. The molecule has 0 aliphatic carbocycles. The minimum atomic E-state index is -0.953. The Morgan fingerprint density at radius 3 is 2.89 bits per heavy atom. The van der Waals surface area contributed by atoms with E-state index >= 15 is 4.39 Å². The number of anilines is 1. The Labute approximate surface area is 261 Å². The van der Waals surface area contributed by atoms with E-state index in [1.807, 2.05) is 4.90 Å². The van der Waals surface area contributed by atoms with Gasteiger partial charge in [-0.3, -0.25) is 14.8 Å². The molecular weight excluding hydrogens is 601 g/mol. The van der Waals surface area contributed by atoms with Crippen molar-refractivity contribution < 1.29 is 32.5 Å². The van der Waals surface area contributed by atoms with Gasteiger partial charge < -0.3 is 19.5 Å². The molecule has 6 heterocycles. The molecule has 4 aliphatic heterocycles. The molecule has 3 atom stereocenters. The Kier molecular flexibility index (Phi) is 6.61. The van der Waals surface area contributed by atoms with Crippen LogP contribution in [0, 0.1) is 24.0 Å². The number of pyridine rings is 1. The molecule has 0 bridgehead atoms. The van der Waals surface area contributed by atoms with Crippen LogP contribution in [0.3, 0.4) is 0 Å². The Bertz CT molecular complexity index is 1970. The number of halogens is 3. The van der Waals surface area contributed by atoms with E-state index in [9.17, 15) is 18.7 Å². The number of phenols is 1. The van der Waals surface area contributed by atoms with Gasteiger partial charge in [0.15, 0.2) is 5.82 Å². The molecule has 4 saturated heterocycles. The minimum Gasteiger partial charge on any atom is -0.508 e. The zero-order chi connectivity index (χ0) is 31.7. The van der Waals surface area contributed by atoms with Crippen LogP contribution < -0.4 is 9.64 Å². The van der Waals surface area contributed by atoms with E-state index in [4.69, 9.17) is 20.9 Å². The summed E-state index contributed by atoms with van der Waals surface area (Å²) in [4.78, 5) is 31.5. The molecule has 2 aromatic carbocycles. The van der Waals surface area contributed by atoms with E-state index in [1.54, 1.807) is 4.90 Å². The van der Waals surface area contributed by atoms with Crippen LogP contribution in [0.15, 0.2) is 30.5 Å². The second-order valence-electron chi connectivity index (χ2n) is 12.4. The second-order valence-corrected chi connectivity index (χ2v) is 12.4. The number of carbonyl (C=O) groups excluding carboxylic acids is 1. The lowest BCUT2D eigenvalue weighted by molar-refractivity contribution is 0.107. The number of piperazine rings is 1. The van der Waals surface area contributed by atoms with Crippen LogP contribution in [-0.4, -0.2) is 99.6 Å². The first-order valence-electron chi connectivity index (χ1n) is 15.2. The lowest BCUT2D eigenvalue weighted by Gasteiger charge is -2.36. The number of terminal acetylenes is 1. The first-order chi connectivity index (χ1) is 22.2. The number of rotatable bonds is 5. The van der Waals surface area contributed by atoms with E-state index in [0.29, 0.717) is 49.2 Å². The number of aromatic nitrogens is 3. The third-order valence-electron chi connectivity index (χ3n) is 9.74. The fourth-order valence-electron chi connectivity index (χ4n) is 7.60. The van der Waals surface area contributed by atoms with Gasteiger partial charge in [-0.15, -0.1) is 6.42 Å². The van der Waals surface area contributed by atoms with Crippen molar-refractivity contribution in [2.75, 3.05) is 50.8 Å². The quantitative estimate of drug-likeness (QED) is 0.322. The molecule has 4 aromatic rings. The topological polar surface area (TPSA) is 104 Å². The van der Waals surface area contributed by atoms with E-state index in [2.05, 4.69) is 20.8 Å². The maximum absolute atomic E-state index is 16.8. The van der Waals surface area contributed by atoms with Crippen LogP contribution in [0.5, 0.6) is 11.8 Å². The van der Waals surface area contributed by atoms with E-state index in [0.717, 1.165) is 19.4 Å². The predicted octanol–water partition coefficient (Wildman–Crippen LogP) is 4.41. The fraction of sp³-hybridized carbons (Fsp3) is 0.394. The number of cyclic esters (lactones) is 1. The molecule has 2 aromatic heterocycles. The molecule has 10 nitrogen and oxygen atoms in total. The minimum absolute atomic E-state index is 0.0839. The normalized spacial score (nSPS) is 24.3. The summed E-state index contributed by atoms with van der Waals surface area (Å²) >= 11 is 0. The van der Waals surface area contributed by atoms with Gasteiger partial charge in [-0.25, -0.2) is 18.0 Å². The highest BCUT2D eigenvalue weighted by Crippen LogP contribution is 2.42. The molecule has 8 rings (SSSR count). The molecule has 4 fully saturated rings. The molecule has 3 unspecified atom stereocenters. The van der Waals surface area contributed by atoms with Gasteiger partial charge in [0.1, 0.15) is 48.0 Å². The maximum Gasteiger partial charge on any atom is 0.410 e. The monoisotopic (exact) mass is 630 g/mol. The molecule has 46 heavy (non-hydrogen) atoms. The van der Waals surface area contributed by atoms with Crippen LogP contribution in [-0.2, 0) is 4.74 Å². The number of hydrogen-bond donors (Lipinski definition) is 1. The van der Waals surface area contributed by atoms with Gasteiger partial charge >= 0.3 is 12.1 Å². The summed E-state index contributed by atoms with van der Waals surface area (Å²) in [7, 11) is 0. The Morgan fingerprint density at radius 2 is 2.04 bits per heavy atom. The number of aromatic hydroxyl groups is 1. The number of phenolic OH excluding ortho intramolecular Hbond substituents is 1. The first-order valence-corrected chi connectivity index (χ1v) is 15.2. The van der Waals surface area contributed by atoms with Crippen LogP contribution in [0.4, 0.5) is 23.8 Å². The van der Waals surface area contributed by atoms with Crippen LogP contribution in [0.1, 0.15) is 24.8 Å². The van der Waals surface area contributed by atoms with Gasteiger partial charge in [-0.05, 0) is 43.0 Å². The lowest BCUT2D eigenvalue weighted by Crippen LogP contribution is -2.52. The summed E-state index contributed by atoms with van der Waals surface area (Å²) in [5.41, 5.74) is -0.765. The van der Waals surface area contributed by atoms with Crippen LogP contribution in [0.2, 0.25) is 0 Å². The third kappa shape index (κ3) is 4.46. The molecule has 236 valence electrons. The molecule has 1 amide bonds. The summed E-state index contributed by atoms with van der Waals surface area (Å²) in [6, 6.07) is 5.05. The summed E-state index contributed by atoms with van der Waals surface area (Å²) in [5, 5.41) is 11.4. The smallest absolute Gasteiger partial charge is 0.410 e. The zero-order valence-electron chi connectivity index (χ0n) is 24.7. The highest BCUT2D eigenvalue weighted by molar-refractivity contribution is 6.03. The highest BCUT2D eigenvalue weighted by atomic mass is 19.1. The molecular formula is C33H29F3N6O4. The average molecular weight is 631 g/mol. The predicted molar refractivity (Wildman–Crippen MR) is 162 cm³/mol. The van der Waals surface area contributed by atoms with Crippen molar-refractivity contribution in [2.45, 2.75) is 37.0 Å². The van der Waals surface area contributed by atoms with E-state index in [1.165, 1.54) is 30.5 Å². The summed E-state index contributed by atoms with van der Waals surface area (Å²) in [5.74, 6) is 1.02. The second kappa shape index (κ2) is 10.6. The van der Waals surface area contributed by atoms with Gasteiger partial charge in [-0.1, -0.05) is 12.0 Å². The standard InChI is InChI=1S/C33H29F3N6O4/c1-2-22-25(35)5-4-18-10-21(43)11-23(26(18)22)28-27(36)29-24(13-37-28)30(40-8-9-42-20(15-40)16-45-32(42)44)39-31(38-29)46-17-33-6-3-7-41(33)14-19(34)12-33/h1,4-5,10-11,13,19-20,43H,3,6-9,12,14-17H2. The SMILES string of the molecule is C#Cc1c(F)ccc2cc(O)cc(-c3ncc4c(N5CCN6C(=O)OCC6C5)nc(OCC56CCCN5CC(F)C6)nc4c3F)c12. The first kappa shape index (κ1) is 28.6. The Hall–Kier alpha value is -4.83. The number of fused-ring (bicyclic) bond motifs is 4. The van der Waals surface area contributed by atoms with Crippen molar-refractivity contribution in [3.05, 3.63) is 47.7 Å². The van der Waals surface area contributed by atoms with Gasteiger partial charge in [0, 0.05) is 49.7 Å². The fourth-order valence-corrected chi connectivity index (χ4v) is 7.60. The van der Waals surface area contributed by atoms with Crippen molar-refractivity contribution in [1.29, 1.82) is 0 Å². The largest absolute Gasteiger partial charge is 0.508 e. The molecule has 1 N–H and O–H groups in total. The number of alkyl halides is 1. The van der Waals surface area contributed by atoms with Crippen molar-refractivity contribution in [2.24, 2.45) is 0 Å². The van der Waals surface area contributed by atoms with Gasteiger partial charge in [0.05, 0.1) is 22.5 Å². The van der Waals surface area contributed by atoms with Crippen molar-refractivity contribution >= 4 is 33.6 Å². The maximum atomic E-state index is 16.8. The number of benzene rings is 2. The molecule has 0 saturated carbocycles. The summed E-state index contributed by atoms with van der Waals surface area (Å²) < 4.78 is 57.4. The molecule has 4 aliphatic rings. The molecule has 0 spiro atoms. The van der Waals surface area contributed by atoms with Crippen molar-refractivity contribution in [1.82, 2.24) is 24.8 Å². The van der Waals surface area contributed by atoms with E-state index in [-0.39, 0.29) is 64.8 Å². The van der Waals surface area contributed by atoms with Gasteiger partial charge in [0.25, 0.3) is 0 Å². The number of carbonyl (C=O) groups is 1.